The number of piperidine rings is 2. The van der Waals surface area contributed by atoms with E-state index in [2.05, 4.69) is 16.4 Å². The van der Waals surface area contributed by atoms with E-state index in [0.29, 0.717) is 30.3 Å². The van der Waals surface area contributed by atoms with Crippen molar-refractivity contribution in [2.24, 2.45) is 11.8 Å². The number of rotatable bonds is 6. The Kier molecular flexibility index (Phi) is 6.38. The van der Waals surface area contributed by atoms with Gasteiger partial charge in [-0.1, -0.05) is 12.2 Å². The second kappa shape index (κ2) is 8.55. The van der Waals surface area contributed by atoms with Crippen LogP contribution < -0.4 is 0 Å². The fourth-order valence-corrected chi connectivity index (χ4v) is 4.51. The normalized spacial score (nSPS) is 25.2. The lowest BCUT2D eigenvalue weighted by Gasteiger charge is -2.42. The maximum Gasteiger partial charge on any atom is 0.227 e. The van der Waals surface area contributed by atoms with Crippen molar-refractivity contribution in [2.45, 2.75) is 58.4 Å². The van der Waals surface area contributed by atoms with Crippen molar-refractivity contribution in [1.82, 2.24) is 14.7 Å². The van der Waals surface area contributed by atoms with Gasteiger partial charge < -0.3 is 9.80 Å². The van der Waals surface area contributed by atoms with Crippen LogP contribution in [0.3, 0.4) is 0 Å². The standard InChI is InChI=1S/C21H35N3O2/c1-4-22(14-16(2)3)21(26)18-6-5-11-24(15-18)19-9-12-23(13-10-19)20(25)17-7-8-17/h17-19H,2,4-15H2,1,3H3/t18-/m1/s1. The van der Waals surface area contributed by atoms with Crippen molar-refractivity contribution in [2.75, 3.05) is 39.3 Å². The zero-order chi connectivity index (χ0) is 18.7. The van der Waals surface area contributed by atoms with Crippen LogP contribution in [0.5, 0.6) is 0 Å². The quantitative estimate of drug-likeness (QED) is 0.683. The number of likely N-dealkylation sites (N-methyl/N-ethyl adjacent to an activating group) is 1. The van der Waals surface area contributed by atoms with Crippen LogP contribution in [0, 0.1) is 11.8 Å². The van der Waals surface area contributed by atoms with Gasteiger partial charge in [0.05, 0.1) is 5.92 Å². The molecule has 2 saturated heterocycles. The summed E-state index contributed by atoms with van der Waals surface area (Å²) in [5.74, 6) is 1.13. The monoisotopic (exact) mass is 361 g/mol. The lowest BCUT2D eigenvalue weighted by molar-refractivity contribution is -0.137. The van der Waals surface area contributed by atoms with Crippen LogP contribution in [0.25, 0.3) is 0 Å². The highest BCUT2D eigenvalue weighted by Gasteiger charge is 2.37. The van der Waals surface area contributed by atoms with Crippen LogP contribution in [0.4, 0.5) is 0 Å². The summed E-state index contributed by atoms with van der Waals surface area (Å²) in [5.41, 5.74) is 1.04. The minimum absolute atomic E-state index is 0.120. The second-order valence-electron chi connectivity index (χ2n) is 8.47. The zero-order valence-corrected chi connectivity index (χ0v) is 16.6. The molecule has 2 amide bonds. The largest absolute Gasteiger partial charge is 0.342 e. The smallest absolute Gasteiger partial charge is 0.227 e. The van der Waals surface area contributed by atoms with Crippen LogP contribution in [0.2, 0.25) is 0 Å². The summed E-state index contributed by atoms with van der Waals surface area (Å²) in [6, 6.07) is 0.532. The number of hydrogen-bond acceptors (Lipinski definition) is 3. The molecule has 0 spiro atoms. The Morgan fingerprint density at radius 1 is 1.04 bits per heavy atom. The van der Waals surface area contributed by atoms with Crippen molar-refractivity contribution >= 4 is 11.8 Å². The fraction of sp³-hybridized carbons (Fsp3) is 0.810. The van der Waals surface area contributed by atoms with Gasteiger partial charge >= 0.3 is 0 Å². The van der Waals surface area contributed by atoms with E-state index in [1.165, 1.54) is 0 Å². The summed E-state index contributed by atoms with van der Waals surface area (Å²) >= 11 is 0. The molecule has 0 aromatic carbocycles. The molecule has 3 aliphatic rings. The SMILES string of the molecule is C=C(C)CN(CC)C(=O)[C@@H]1CCCN(C2CCN(C(=O)C3CC3)CC2)C1. The minimum atomic E-state index is 0.120. The second-order valence-corrected chi connectivity index (χ2v) is 8.47. The molecule has 0 N–H and O–H groups in total. The van der Waals surface area contributed by atoms with E-state index in [9.17, 15) is 9.59 Å². The van der Waals surface area contributed by atoms with Crippen molar-refractivity contribution in [3.05, 3.63) is 12.2 Å². The Morgan fingerprint density at radius 2 is 1.73 bits per heavy atom. The minimum Gasteiger partial charge on any atom is -0.342 e. The Labute approximate surface area is 158 Å². The van der Waals surface area contributed by atoms with E-state index in [1.807, 2.05) is 18.7 Å². The van der Waals surface area contributed by atoms with Gasteiger partial charge in [-0.3, -0.25) is 14.5 Å². The number of likely N-dealkylation sites (tertiary alicyclic amines) is 2. The molecule has 0 bridgehead atoms. The van der Waals surface area contributed by atoms with Crippen molar-refractivity contribution in [3.8, 4) is 0 Å². The summed E-state index contributed by atoms with van der Waals surface area (Å²) in [6.07, 6.45) is 6.40. The number of carbonyl (C=O) groups is 2. The molecule has 0 radical (unpaired) electrons. The molecular weight excluding hydrogens is 326 g/mol. The lowest BCUT2D eigenvalue weighted by Crippen LogP contribution is -2.52. The van der Waals surface area contributed by atoms with Gasteiger partial charge in [0.2, 0.25) is 11.8 Å². The maximum atomic E-state index is 12.9. The van der Waals surface area contributed by atoms with Crippen molar-refractivity contribution < 1.29 is 9.59 Å². The molecule has 146 valence electrons. The Morgan fingerprint density at radius 3 is 2.31 bits per heavy atom. The van der Waals surface area contributed by atoms with Crippen LogP contribution in [0.1, 0.15) is 52.4 Å². The van der Waals surface area contributed by atoms with Crippen LogP contribution in [-0.4, -0.2) is 71.8 Å². The first-order valence-corrected chi connectivity index (χ1v) is 10.5. The van der Waals surface area contributed by atoms with Gasteiger partial charge in [0, 0.05) is 44.7 Å². The summed E-state index contributed by atoms with van der Waals surface area (Å²) in [7, 11) is 0. The van der Waals surface area contributed by atoms with Gasteiger partial charge in [-0.25, -0.2) is 0 Å². The molecule has 5 heteroatoms. The van der Waals surface area contributed by atoms with E-state index in [4.69, 9.17) is 0 Å². The Balaban J connectivity index is 1.51. The number of nitrogens with zero attached hydrogens (tertiary/aromatic N) is 3. The van der Waals surface area contributed by atoms with Gasteiger partial charge in [0.25, 0.3) is 0 Å². The van der Waals surface area contributed by atoms with Crippen LogP contribution >= 0.6 is 0 Å². The molecule has 3 rings (SSSR count). The molecule has 5 nitrogen and oxygen atoms in total. The molecule has 0 unspecified atom stereocenters. The summed E-state index contributed by atoms with van der Waals surface area (Å²) in [4.78, 5) is 31.7. The number of amides is 2. The van der Waals surface area contributed by atoms with Gasteiger partial charge in [-0.05, 0) is 58.9 Å². The highest BCUT2D eigenvalue weighted by molar-refractivity contribution is 5.81. The molecule has 1 aliphatic carbocycles. The molecule has 26 heavy (non-hydrogen) atoms. The van der Waals surface area contributed by atoms with E-state index in [-0.39, 0.29) is 5.92 Å². The summed E-state index contributed by atoms with van der Waals surface area (Å²) in [5, 5.41) is 0. The molecule has 0 aromatic heterocycles. The maximum absolute atomic E-state index is 12.9. The van der Waals surface area contributed by atoms with Crippen LogP contribution in [0.15, 0.2) is 12.2 Å². The molecule has 0 aromatic rings. The molecule has 2 heterocycles. The lowest BCUT2D eigenvalue weighted by atomic mass is 9.92. The summed E-state index contributed by atoms with van der Waals surface area (Å²) < 4.78 is 0. The van der Waals surface area contributed by atoms with E-state index in [1.54, 1.807) is 0 Å². The molecular formula is C21H35N3O2. The third kappa shape index (κ3) is 4.67. The fourth-order valence-electron chi connectivity index (χ4n) is 4.51. The van der Waals surface area contributed by atoms with Gasteiger partial charge in [-0.2, -0.15) is 0 Å². The Hall–Kier alpha value is -1.36. The first-order valence-electron chi connectivity index (χ1n) is 10.5. The molecule has 3 fully saturated rings. The van der Waals surface area contributed by atoms with Gasteiger partial charge in [0.1, 0.15) is 0 Å². The highest BCUT2D eigenvalue weighted by Crippen LogP contribution is 2.32. The van der Waals surface area contributed by atoms with E-state index in [0.717, 1.165) is 76.8 Å². The first-order chi connectivity index (χ1) is 12.5. The predicted octanol–water partition coefficient (Wildman–Crippen LogP) is 2.52. The van der Waals surface area contributed by atoms with Crippen molar-refractivity contribution in [1.29, 1.82) is 0 Å². The Bertz CT molecular complexity index is 535. The summed E-state index contributed by atoms with van der Waals surface area (Å²) in [6.45, 7) is 13.2. The average molecular weight is 362 g/mol. The molecule has 2 aliphatic heterocycles. The highest BCUT2D eigenvalue weighted by atomic mass is 16.2. The van der Waals surface area contributed by atoms with Gasteiger partial charge in [0.15, 0.2) is 0 Å². The van der Waals surface area contributed by atoms with E-state index < -0.39 is 0 Å². The van der Waals surface area contributed by atoms with Crippen LogP contribution in [-0.2, 0) is 9.59 Å². The predicted molar refractivity (Wildman–Crippen MR) is 104 cm³/mol. The van der Waals surface area contributed by atoms with E-state index >= 15 is 0 Å². The third-order valence-corrected chi connectivity index (χ3v) is 6.18. The first kappa shape index (κ1) is 19.4. The third-order valence-electron chi connectivity index (χ3n) is 6.18. The molecule has 1 saturated carbocycles. The topological polar surface area (TPSA) is 43.9 Å². The van der Waals surface area contributed by atoms with Gasteiger partial charge in [-0.15, -0.1) is 0 Å². The molecule has 1 atom stereocenters. The number of carbonyl (C=O) groups excluding carboxylic acids is 2. The number of hydrogen-bond donors (Lipinski definition) is 0. The zero-order valence-electron chi connectivity index (χ0n) is 16.6. The average Bonchev–Trinajstić information content (AvgIpc) is 3.50. The van der Waals surface area contributed by atoms with Crippen molar-refractivity contribution in [3.63, 3.8) is 0 Å².